The molecule has 0 heterocycles. The number of aryl methyl sites for hydroxylation is 1. The van der Waals surface area contributed by atoms with Crippen LogP contribution in [0.15, 0.2) is 54.6 Å². The Morgan fingerprint density at radius 2 is 1.72 bits per heavy atom. The lowest BCUT2D eigenvalue weighted by Crippen LogP contribution is -2.36. The number of carbonyl (C=O) groups is 2. The van der Waals surface area contributed by atoms with Crippen molar-refractivity contribution in [3.8, 4) is 0 Å². The molecule has 0 spiro atoms. The zero-order valence-corrected chi connectivity index (χ0v) is 14.4. The molecule has 25 heavy (non-hydrogen) atoms. The summed E-state index contributed by atoms with van der Waals surface area (Å²) in [5.41, 5.74) is 2.28. The van der Waals surface area contributed by atoms with E-state index in [4.69, 9.17) is 5.11 Å². The summed E-state index contributed by atoms with van der Waals surface area (Å²) in [6, 6.07) is 16.3. The highest BCUT2D eigenvalue weighted by Gasteiger charge is 2.11. The Bertz CT molecular complexity index is 680. The van der Waals surface area contributed by atoms with Gasteiger partial charge in [0.2, 0.25) is 5.91 Å². The molecule has 132 valence electrons. The molecule has 3 N–H and O–H groups in total. The molecular weight excluding hydrogens is 316 g/mol. The molecule has 0 bridgehead atoms. The summed E-state index contributed by atoms with van der Waals surface area (Å²) in [6.45, 7) is 1.81. The number of amides is 2. The largest absolute Gasteiger partial charge is 0.394 e. The molecule has 0 saturated heterocycles. The first kappa shape index (κ1) is 18.7. The van der Waals surface area contributed by atoms with Gasteiger partial charge in [-0.3, -0.25) is 9.59 Å². The zero-order valence-electron chi connectivity index (χ0n) is 14.4. The van der Waals surface area contributed by atoms with E-state index in [9.17, 15) is 9.59 Å². The Morgan fingerprint density at radius 1 is 1.04 bits per heavy atom. The molecule has 5 nitrogen and oxygen atoms in total. The van der Waals surface area contributed by atoms with Crippen LogP contribution in [0.2, 0.25) is 0 Å². The Hall–Kier alpha value is -2.66. The third kappa shape index (κ3) is 6.04. The number of hydrogen-bond donors (Lipinski definition) is 3. The molecular formula is C20H24N2O3. The van der Waals surface area contributed by atoms with E-state index in [0.29, 0.717) is 30.5 Å². The van der Waals surface area contributed by atoms with Crippen molar-refractivity contribution in [1.29, 1.82) is 0 Å². The maximum atomic E-state index is 12.1. The number of benzene rings is 2. The maximum absolute atomic E-state index is 12.1. The molecule has 1 atom stereocenters. The average molecular weight is 340 g/mol. The number of rotatable bonds is 8. The topological polar surface area (TPSA) is 78.4 Å². The SMILES string of the molecule is CCC(CO)NC(=O)c1ccc(NC(=O)CCc2ccccc2)cc1. The van der Waals surface area contributed by atoms with Crippen LogP contribution >= 0.6 is 0 Å². The number of aliphatic hydroxyl groups excluding tert-OH is 1. The Labute approximate surface area is 148 Å². The van der Waals surface area contributed by atoms with Crippen molar-refractivity contribution in [3.05, 3.63) is 65.7 Å². The molecule has 0 aliphatic rings. The summed E-state index contributed by atoms with van der Waals surface area (Å²) < 4.78 is 0. The van der Waals surface area contributed by atoms with Crippen LogP contribution in [0, 0.1) is 0 Å². The summed E-state index contributed by atoms with van der Waals surface area (Å²) in [5.74, 6) is -0.296. The summed E-state index contributed by atoms with van der Waals surface area (Å²) in [7, 11) is 0. The van der Waals surface area contributed by atoms with Gasteiger partial charge in [-0.25, -0.2) is 0 Å². The molecule has 0 aliphatic heterocycles. The number of hydrogen-bond acceptors (Lipinski definition) is 3. The van der Waals surface area contributed by atoms with Crippen LogP contribution in [0.4, 0.5) is 5.69 Å². The van der Waals surface area contributed by atoms with Gasteiger partial charge >= 0.3 is 0 Å². The van der Waals surface area contributed by atoms with Gasteiger partial charge in [0.15, 0.2) is 0 Å². The summed E-state index contributed by atoms with van der Waals surface area (Å²) in [6.07, 6.45) is 1.76. The molecule has 0 saturated carbocycles. The van der Waals surface area contributed by atoms with Crippen LogP contribution in [0.1, 0.15) is 35.7 Å². The molecule has 2 aromatic rings. The predicted molar refractivity (Wildman–Crippen MR) is 98.5 cm³/mol. The minimum atomic E-state index is -0.245. The Balaban J connectivity index is 1.85. The van der Waals surface area contributed by atoms with Crippen LogP contribution in [0.3, 0.4) is 0 Å². The predicted octanol–water partition coefficient (Wildman–Crippen LogP) is 2.76. The van der Waals surface area contributed by atoms with Gasteiger partial charge < -0.3 is 15.7 Å². The second-order valence-electron chi connectivity index (χ2n) is 5.87. The van der Waals surface area contributed by atoms with Crippen LogP contribution in [-0.2, 0) is 11.2 Å². The summed E-state index contributed by atoms with van der Waals surface area (Å²) in [4.78, 5) is 24.1. The van der Waals surface area contributed by atoms with Crippen molar-refractivity contribution in [1.82, 2.24) is 5.32 Å². The molecule has 2 rings (SSSR count). The maximum Gasteiger partial charge on any atom is 0.251 e. The normalized spacial score (nSPS) is 11.6. The van der Waals surface area contributed by atoms with Gasteiger partial charge in [0.05, 0.1) is 12.6 Å². The van der Waals surface area contributed by atoms with Gasteiger partial charge in [-0.2, -0.15) is 0 Å². The molecule has 0 fully saturated rings. The lowest BCUT2D eigenvalue weighted by atomic mass is 10.1. The first-order valence-corrected chi connectivity index (χ1v) is 8.48. The van der Waals surface area contributed by atoms with Gasteiger partial charge in [-0.1, -0.05) is 37.3 Å². The second-order valence-corrected chi connectivity index (χ2v) is 5.87. The van der Waals surface area contributed by atoms with E-state index in [1.165, 1.54) is 0 Å². The van der Waals surface area contributed by atoms with E-state index < -0.39 is 0 Å². The molecule has 2 amide bonds. The highest BCUT2D eigenvalue weighted by molar-refractivity contribution is 5.96. The lowest BCUT2D eigenvalue weighted by Gasteiger charge is -2.14. The lowest BCUT2D eigenvalue weighted by molar-refractivity contribution is -0.116. The minimum Gasteiger partial charge on any atom is -0.394 e. The number of carbonyl (C=O) groups excluding carboxylic acids is 2. The molecule has 0 aromatic heterocycles. The molecule has 0 radical (unpaired) electrons. The van der Waals surface area contributed by atoms with E-state index in [1.54, 1.807) is 24.3 Å². The molecule has 2 aromatic carbocycles. The highest BCUT2D eigenvalue weighted by atomic mass is 16.3. The fourth-order valence-corrected chi connectivity index (χ4v) is 2.38. The van der Waals surface area contributed by atoms with Crippen LogP contribution in [0.5, 0.6) is 0 Å². The van der Waals surface area contributed by atoms with Crippen LogP contribution in [0.25, 0.3) is 0 Å². The van der Waals surface area contributed by atoms with Crippen LogP contribution in [-0.4, -0.2) is 29.6 Å². The standard InChI is InChI=1S/C20H24N2O3/c1-2-17(14-23)22-20(25)16-9-11-18(12-10-16)21-19(24)13-8-15-6-4-3-5-7-15/h3-7,9-12,17,23H,2,8,13-14H2,1H3,(H,21,24)(H,22,25). The molecule has 1 unspecified atom stereocenters. The smallest absolute Gasteiger partial charge is 0.251 e. The van der Waals surface area contributed by atoms with Crippen molar-refractivity contribution in [2.24, 2.45) is 0 Å². The first-order chi connectivity index (χ1) is 12.1. The van der Waals surface area contributed by atoms with Crippen molar-refractivity contribution in [3.63, 3.8) is 0 Å². The average Bonchev–Trinajstić information content (AvgIpc) is 2.65. The van der Waals surface area contributed by atoms with E-state index in [0.717, 1.165) is 5.56 Å². The summed E-state index contributed by atoms with van der Waals surface area (Å²) in [5, 5.41) is 14.7. The van der Waals surface area contributed by atoms with E-state index in [2.05, 4.69) is 10.6 Å². The number of nitrogens with one attached hydrogen (secondary N) is 2. The quantitative estimate of drug-likeness (QED) is 0.691. The molecule has 5 heteroatoms. The first-order valence-electron chi connectivity index (χ1n) is 8.48. The van der Waals surface area contributed by atoms with E-state index >= 15 is 0 Å². The van der Waals surface area contributed by atoms with Crippen molar-refractivity contribution in [2.45, 2.75) is 32.2 Å². The van der Waals surface area contributed by atoms with Gasteiger partial charge in [0.25, 0.3) is 5.91 Å². The minimum absolute atomic E-state index is 0.0626. The Morgan fingerprint density at radius 3 is 2.32 bits per heavy atom. The van der Waals surface area contributed by atoms with Gasteiger partial charge in [-0.05, 0) is 42.7 Å². The fourth-order valence-electron chi connectivity index (χ4n) is 2.38. The third-order valence-electron chi connectivity index (χ3n) is 3.96. The van der Waals surface area contributed by atoms with E-state index in [-0.39, 0.29) is 24.5 Å². The fraction of sp³-hybridized carbons (Fsp3) is 0.300. The molecule has 0 aliphatic carbocycles. The number of aliphatic hydroxyl groups is 1. The second kappa shape index (κ2) is 9.59. The van der Waals surface area contributed by atoms with Crippen LogP contribution < -0.4 is 10.6 Å². The van der Waals surface area contributed by atoms with Crippen molar-refractivity contribution in [2.75, 3.05) is 11.9 Å². The third-order valence-corrected chi connectivity index (χ3v) is 3.96. The number of anilines is 1. The van der Waals surface area contributed by atoms with Gasteiger partial charge in [-0.15, -0.1) is 0 Å². The zero-order chi connectivity index (χ0) is 18.1. The van der Waals surface area contributed by atoms with Crippen molar-refractivity contribution < 1.29 is 14.7 Å². The van der Waals surface area contributed by atoms with Gasteiger partial charge in [0, 0.05) is 17.7 Å². The van der Waals surface area contributed by atoms with Gasteiger partial charge in [0.1, 0.15) is 0 Å². The summed E-state index contributed by atoms with van der Waals surface area (Å²) >= 11 is 0. The Kier molecular flexibility index (Phi) is 7.16. The van der Waals surface area contributed by atoms with Crippen molar-refractivity contribution >= 4 is 17.5 Å². The highest BCUT2D eigenvalue weighted by Crippen LogP contribution is 2.11. The van der Waals surface area contributed by atoms with E-state index in [1.807, 2.05) is 37.3 Å². The monoisotopic (exact) mass is 340 g/mol.